The van der Waals surface area contributed by atoms with Crippen LogP contribution >= 0.6 is 0 Å². The highest BCUT2D eigenvalue weighted by atomic mass is 16.6. The van der Waals surface area contributed by atoms with Crippen LogP contribution in [0.15, 0.2) is 36.4 Å². The molecule has 0 radical (unpaired) electrons. The molecular weight excluding hydrogens is 360 g/mol. The minimum Gasteiger partial charge on any atom is -0.486 e. The van der Waals surface area contributed by atoms with E-state index in [4.69, 9.17) is 14.2 Å². The Labute approximate surface area is 163 Å². The van der Waals surface area contributed by atoms with Crippen molar-refractivity contribution in [1.29, 1.82) is 0 Å². The third-order valence-corrected chi connectivity index (χ3v) is 4.48. The summed E-state index contributed by atoms with van der Waals surface area (Å²) in [7, 11) is 0. The SMILES string of the molecule is Cc1ccc(C)c(C(=O)CCC(=O)OCC(=O)c2ccc3c(c2)OCCO3)c1. The van der Waals surface area contributed by atoms with Gasteiger partial charge in [0.25, 0.3) is 0 Å². The minimum atomic E-state index is -0.579. The molecule has 0 N–H and O–H groups in total. The van der Waals surface area contributed by atoms with Crippen LogP contribution < -0.4 is 9.47 Å². The summed E-state index contributed by atoms with van der Waals surface area (Å²) in [5.74, 6) is 0.0549. The zero-order valence-electron chi connectivity index (χ0n) is 15.9. The van der Waals surface area contributed by atoms with Crippen LogP contribution in [0.2, 0.25) is 0 Å². The lowest BCUT2D eigenvalue weighted by Gasteiger charge is -2.18. The van der Waals surface area contributed by atoms with Gasteiger partial charge in [-0.15, -0.1) is 0 Å². The molecule has 0 amide bonds. The summed E-state index contributed by atoms with van der Waals surface area (Å²) in [6.07, 6.45) is -0.0258. The molecule has 6 nitrogen and oxygen atoms in total. The first-order valence-corrected chi connectivity index (χ1v) is 9.13. The highest BCUT2D eigenvalue weighted by molar-refractivity contribution is 6.00. The molecule has 0 saturated carbocycles. The second-order valence-electron chi connectivity index (χ2n) is 6.68. The van der Waals surface area contributed by atoms with E-state index in [2.05, 4.69) is 0 Å². The van der Waals surface area contributed by atoms with Crippen molar-refractivity contribution in [2.75, 3.05) is 19.8 Å². The van der Waals surface area contributed by atoms with E-state index in [0.29, 0.717) is 35.8 Å². The Morgan fingerprint density at radius 1 is 0.893 bits per heavy atom. The Hall–Kier alpha value is -3.15. The standard InChI is InChI=1S/C22H22O6/c1-14-3-4-15(2)17(11-14)18(23)6-8-22(25)28-13-19(24)16-5-7-20-21(12-16)27-10-9-26-20/h3-5,7,11-12H,6,8-10,13H2,1-2H3. The molecule has 0 aliphatic carbocycles. The van der Waals surface area contributed by atoms with Gasteiger partial charge >= 0.3 is 5.97 Å². The highest BCUT2D eigenvalue weighted by Gasteiger charge is 2.17. The number of carbonyl (C=O) groups excluding carboxylic acids is 3. The van der Waals surface area contributed by atoms with E-state index in [9.17, 15) is 14.4 Å². The fraction of sp³-hybridized carbons (Fsp3) is 0.318. The first-order valence-electron chi connectivity index (χ1n) is 9.13. The van der Waals surface area contributed by atoms with E-state index in [0.717, 1.165) is 11.1 Å². The van der Waals surface area contributed by atoms with Gasteiger partial charge < -0.3 is 14.2 Å². The number of benzene rings is 2. The minimum absolute atomic E-state index is 0.0430. The number of hydrogen-bond acceptors (Lipinski definition) is 6. The lowest BCUT2D eigenvalue weighted by molar-refractivity contribution is -0.142. The maximum Gasteiger partial charge on any atom is 0.306 e. The van der Waals surface area contributed by atoms with Crippen molar-refractivity contribution in [3.05, 3.63) is 58.7 Å². The second-order valence-corrected chi connectivity index (χ2v) is 6.68. The summed E-state index contributed by atoms with van der Waals surface area (Å²) >= 11 is 0. The molecule has 6 heteroatoms. The number of aryl methyl sites for hydroxylation is 2. The maximum absolute atomic E-state index is 12.3. The van der Waals surface area contributed by atoms with Crippen molar-refractivity contribution < 1.29 is 28.6 Å². The highest BCUT2D eigenvalue weighted by Crippen LogP contribution is 2.30. The predicted octanol–water partition coefficient (Wildman–Crippen LogP) is 3.46. The van der Waals surface area contributed by atoms with E-state index >= 15 is 0 Å². The largest absolute Gasteiger partial charge is 0.486 e. The predicted molar refractivity (Wildman–Crippen MR) is 102 cm³/mol. The first kappa shape index (κ1) is 19.6. The van der Waals surface area contributed by atoms with Crippen molar-refractivity contribution in [3.8, 4) is 11.5 Å². The van der Waals surface area contributed by atoms with Gasteiger partial charge in [0, 0.05) is 17.5 Å². The molecule has 0 saturated heterocycles. The third kappa shape index (κ3) is 4.76. The van der Waals surface area contributed by atoms with Crippen molar-refractivity contribution in [1.82, 2.24) is 0 Å². The Morgan fingerprint density at radius 2 is 1.64 bits per heavy atom. The smallest absolute Gasteiger partial charge is 0.306 e. The number of Topliss-reactive ketones (excluding diaryl/α,β-unsaturated/α-hetero) is 2. The van der Waals surface area contributed by atoms with Crippen LogP contribution in [0.3, 0.4) is 0 Å². The Kier molecular flexibility index (Phi) is 6.09. The van der Waals surface area contributed by atoms with Gasteiger partial charge in [0.2, 0.25) is 0 Å². The molecule has 1 heterocycles. The van der Waals surface area contributed by atoms with Gasteiger partial charge in [0.15, 0.2) is 29.7 Å². The molecule has 2 aromatic rings. The Balaban J connectivity index is 1.49. The molecule has 146 valence electrons. The molecule has 1 aliphatic rings. The third-order valence-electron chi connectivity index (χ3n) is 4.48. The van der Waals surface area contributed by atoms with Gasteiger partial charge in [0.05, 0.1) is 6.42 Å². The van der Waals surface area contributed by atoms with E-state index in [1.165, 1.54) is 0 Å². The summed E-state index contributed by atoms with van der Waals surface area (Å²) in [6, 6.07) is 10.5. The molecule has 0 spiro atoms. The van der Waals surface area contributed by atoms with Crippen LogP contribution in [-0.4, -0.2) is 37.4 Å². The lowest BCUT2D eigenvalue weighted by Crippen LogP contribution is -2.17. The number of fused-ring (bicyclic) bond motifs is 1. The van der Waals surface area contributed by atoms with Gasteiger partial charge in [-0.05, 0) is 43.7 Å². The maximum atomic E-state index is 12.3. The lowest BCUT2D eigenvalue weighted by atomic mass is 9.99. The second kappa shape index (κ2) is 8.69. The van der Waals surface area contributed by atoms with Gasteiger partial charge in [-0.3, -0.25) is 14.4 Å². The fourth-order valence-electron chi connectivity index (χ4n) is 2.90. The van der Waals surface area contributed by atoms with E-state index < -0.39 is 5.97 Å². The fourth-order valence-corrected chi connectivity index (χ4v) is 2.90. The van der Waals surface area contributed by atoms with Gasteiger partial charge in [-0.2, -0.15) is 0 Å². The van der Waals surface area contributed by atoms with Crippen molar-refractivity contribution in [3.63, 3.8) is 0 Å². The molecule has 28 heavy (non-hydrogen) atoms. The van der Waals surface area contributed by atoms with E-state index in [-0.39, 0.29) is 31.0 Å². The van der Waals surface area contributed by atoms with Crippen LogP contribution in [0.25, 0.3) is 0 Å². The average Bonchev–Trinajstić information content (AvgIpc) is 2.71. The molecule has 0 atom stereocenters. The molecule has 0 bridgehead atoms. The molecule has 0 aromatic heterocycles. The Morgan fingerprint density at radius 3 is 2.43 bits per heavy atom. The van der Waals surface area contributed by atoms with Gasteiger partial charge in [-0.1, -0.05) is 17.7 Å². The average molecular weight is 382 g/mol. The molecule has 2 aromatic carbocycles. The summed E-state index contributed by atoms with van der Waals surface area (Å²) in [4.78, 5) is 36.5. The number of carbonyl (C=O) groups is 3. The van der Waals surface area contributed by atoms with E-state index in [1.54, 1.807) is 18.2 Å². The molecule has 0 unspecified atom stereocenters. The van der Waals surface area contributed by atoms with Crippen molar-refractivity contribution >= 4 is 17.5 Å². The van der Waals surface area contributed by atoms with E-state index in [1.807, 2.05) is 32.0 Å². The first-order chi connectivity index (χ1) is 13.4. The Bertz CT molecular complexity index is 915. The summed E-state index contributed by atoms with van der Waals surface area (Å²) in [5, 5.41) is 0. The van der Waals surface area contributed by atoms with Gasteiger partial charge in [0.1, 0.15) is 13.2 Å². The number of ketones is 2. The van der Waals surface area contributed by atoms with Crippen molar-refractivity contribution in [2.45, 2.75) is 26.7 Å². The van der Waals surface area contributed by atoms with Crippen LogP contribution in [0.5, 0.6) is 11.5 Å². The topological polar surface area (TPSA) is 78.9 Å². The van der Waals surface area contributed by atoms with Crippen LogP contribution in [0.4, 0.5) is 0 Å². The van der Waals surface area contributed by atoms with Crippen molar-refractivity contribution in [2.24, 2.45) is 0 Å². The summed E-state index contributed by atoms with van der Waals surface area (Å²) in [5.41, 5.74) is 2.85. The summed E-state index contributed by atoms with van der Waals surface area (Å²) < 4.78 is 15.9. The molecule has 3 rings (SSSR count). The quantitative estimate of drug-likeness (QED) is 0.539. The van der Waals surface area contributed by atoms with Gasteiger partial charge in [-0.25, -0.2) is 0 Å². The normalized spacial score (nSPS) is 12.4. The molecular formula is C22H22O6. The number of hydrogen-bond donors (Lipinski definition) is 0. The summed E-state index contributed by atoms with van der Waals surface area (Å²) in [6.45, 7) is 4.29. The number of rotatable bonds is 7. The zero-order chi connectivity index (χ0) is 20.1. The van der Waals surface area contributed by atoms with Crippen LogP contribution in [0.1, 0.15) is 44.7 Å². The molecule has 1 aliphatic heterocycles. The molecule has 0 fully saturated rings. The number of ether oxygens (including phenoxy) is 3. The monoisotopic (exact) mass is 382 g/mol. The van der Waals surface area contributed by atoms with Crippen LogP contribution in [-0.2, 0) is 9.53 Å². The van der Waals surface area contributed by atoms with Crippen LogP contribution in [0, 0.1) is 13.8 Å². The number of esters is 1. The zero-order valence-corrected chi connectivity index (χ0v) is 15.9.